The molecular formula is C51H57N3O7S. The Bertz CT molecular complexity index is 2210. The molecule has 0 spiro atoms. The number of likely N-dealkylation sites (N-methyl/N-ethyl adjacent to an activating group) is 1. The second-order valence-electron chi connectivity index (χ2n) is 16.1. The Labute approximate surface area is 369 Å². The Hall–Kier alpha value is -5.38. The minimum absolute atomic E-state index is 0.0806. The zero-order chi connectivity index (χ0) is 43.3. The molecule has 11 heteroatoms. The van der Waals surface area contributed by atoms with Crippen molar-refractivity contribution in [3.63, 3.8) is 0 Å². The van der Waals surface area contributed by atoms with Crippen molar-refractivity contribution in [2.75, 3.05) is 39.2 Å². The predicted octanol–water partition coefficient (Wildman–Crippen LogP) is 9.34. The van der Waals surface area contributed by atoms with Gasteiger partial charge in [0.25, 0.3) is 5.91 Å². The van der Waals surface area contributed by atoms with Crippen LogP contribution in [0.2, 0.25) is 0 Å². The van der Waals surface area contributed by atoms with Crippen LogP contribution >= 0.6 is 11.8 Å². The van der Waals surface area contributed by atoms with E-state index in [1.54, 1.807) is 54.1 Å². The molecule has 1 saturated carbocycles. The molecule has 62 heavy (non-hydrogen) atoms. The fourth-order valence-corrected chi connectivity index (χ4v) is 10.2. The smallest absolute Gasteiger partial charge is 0.254 e. The van der Waals surface area contributed by atoms with Gasteiger partial charge in [0, 0.05) is 54.4 Å². The van der Waals surface area contributed by atoms with Gasteiger partial charge in [-0.2, -0.15) is 5.26 Å². The number of fused-ring (bicyclic) bond motifs is 2. The number of rotatable bonds is 21. The number of carbonyl (C=O) groups is 1. The summed E-state index contributed by atoms with van der Waals surface area (Å²) in [6, 6.07) is 34.3. The SMILES string of the molecule is C=CCO[C@@]12Oc3ccc(OCCSc4ccccc4)cc3[C@H]3[C@H](CCCCO)[C@@H](CCCCO)C=C(C(=NOCc4ccccc4)C[C@@H]1N(C)C(=O)c1ccc(C#N)cc1)[C@H]32. The molecular weight excluding hydrogens is 799 g/mol. The summed E-state index contributed by atoms with van der Waals surface area (Å²) in [6.07, 6.45) is 9.00. The summed E-state index contributed by atoms with van der Waals surface area (Å²) in [5.41, 5.74) is 4.55. The highest BCUT2D eigenvalue weighted by atomic mass is 32.2. The molecule has 0 saturated heterocycles. The van der Waals surface area contributed by atoms with Crippen LogP contribution in [-0.4, -0.2) is 77.8 Å². The first-order valence-electron chi connectivity index (χ1n) is 21.7. The van der Waals surface area contributed by atoms with E-state index in [9.17, 15) is 20.3 Å². The molecule has 1 aliphatic heterocycles. The molecule has 4 aromatic carbocycles. The Kier molecular flexibility index (Phi) is 15.6. The van der Waals surface area contributed by atoms with Gasteiger partial charge in [-0.25, -0.2) is 0 Å². The van der Waals surface area contributed by atoms with Crippen molar-refractivity contribution >= 4 is 23.4 Å². The molecule has 1 fully saturated rings. The maximum absolute atomic E-state index is 14.6. The molecule has 1 heterocycles. The molecule has 2 aliphatic carbocycles. The van der Waals surface area contributed by atoms with Gasteiger partial charge >= 0.3 is 0 Å². The van der Waals surface area contributed by atoms with E-state index in [2.05, 4.69) is 36.9 Å². The highest BCUT2D eigenvalue weighted by Crippen LogP contribution is 2.62. The number of thioether (sulfide) groups is 1. The number of amides is 1. The monoisotopic (exact) mass is 855 g/mol. The van der Waals surface area contributed by atoms with Crippen molar-refractivity contribution < 1.29 is 34.1 Å². The fourth-order valence-electron chi connectivity index (χ4n) is 9.44. The van der Waals surface area contributed by atoms with Crippen LogP contribution in [-0.2, 0) is 16.2 Å². The number of ether oxygens (including phenoxy) is 3. The number of benzene rings is 4. The lowest BCUT2D eigenvalue weighted by molar-refractivity contribution is -0.252. The van der Waals surface area contributed by atoms with Gasteiger partial charge in [0.05, 0.1) is 36.5 Å². The molecule has 1 amide bonds. The van der Waals surface area contributed by atoms with Gasteiger partial charge in [-0.3, -0.25) is 4.79 Å². The van der Waals surface area contributed by atoms with E-state index in [0.29, 0.717) is 36.3 Å². The van der Waals surface area contributed by atoms with Crippen molar-refractivity contribution in [2.45, 2.75) is 74.2 Å². The summed E-state index contributed by atoms with van der Waals surface area (Å²) in [5, 5.41) is 34.3. The minimum Gasteiger partial charge on any atom is -0.493 e. The number of unbranched alkanes of at least 4 members (excludes halogenated alkanes) is 2. The summed E-state index contributed by atoms with van der Waals surface area (Å²) in [7, 11) is 1.78. The number of hydrogen-bond donors (Lipinski definition) is 2. The molecule has 3 aliphatic rings. The second kappa shape index (κ2) is 21.6. The number of carbonyl (C=O) groups excluding carboxylic acids is 1. The molecule has 10 nitrogen and oxygen atoms in total. The molecule has 4 aromatic rings. The van der Waals surface area contributed by atoms with E-state index < -0.39 is 17.7 Å². The molecule has 7 rings (SSSR count). The maximum Gasteiger partial charge on any atom is 0.254 e. The Morgan fingerprint density at radius 2 is 1.71 bits per heavy atom. The average molecular weight is 856 g/mol. The van der Waals surface area contributed by atoms with Crippen LogP contribution in [0.4, 0.5) is 0 Å². The van der Waals surface area contributed by atoms with Gasteiger partial charge in [0.15, 0.2) is 0 Å². The van der Waals surface area contributed by atoms with Crippen LogP contribution in [0.15, 0.2) is 137 Å². The molecule has 6 atom stereocenters. The lowest BCUT2D eigenvalue weighted by Gasteiger charge is -2.59. The second-order valence-corrected chi connectivity index (χ2v) is 17.3. The minimum atomic E-state index is -1.38. The van der Waals surface area contributed by atoms with Crippen LogP contribution in [0.1, 0.15) is 77.9 Å². The Balaban J connectivity index is 1.36. The predicted molar refractivity (Wildman–Crippen MR) is 242 cm³/mol. The highest BCUT2D eigenvalue weighted by molar-refractivity contribution is 7.99. The summed E-state index contributed by atoms with van der Waals surface area (Å²) in [6.45, 7) is 5.17. The number of nitrogens with zero attached hydrogens (tertiary/aromatic N) is 3. The number of hydrogen-bond acceptors (Lipinski definition) is 10. The van der Waals surface area contributed by atoms with E-state index in [4.69, 9.17) is 24.2 Å². The number of allylic oxidation sites excluding steroid dienone is 1. The van der Waals surface area contributed by atoms with Crippen molar-refractivity contribution in [3.8, 4) is 17.6 Å². The molecule has 0 radical (unpaired) electrons. The zero-order valence-corrected chi connectivity index (χ0v) is 36.3. The van der Waals surface area contributed by atoms with Crippen LogP contribution < -0.4 is 9.47 Å². The number of nitriles is 1. The third-order valence-electron chi connectivity index (χ3n) is 12.3. The third kappa shape index (κ3) is 10.1. The molecule has 0 bridgehead atoms. The van der Waals surface area contributed by atoms with E-state index in [1.807, 2.05) is 60.7 Å². The van der Waals surface area contributed by atoms with Crippen molar-refractivity contribution in [2.24, 2.45) is 22.9 Å². The van der Waals surface area contributed by atoms with Gasteiger partial charge in [0.2, 0.25) is 5.79 Å². The first-order valence-corrected chi connectivity index (χ1v) is 22.7. The van der Waals surface area contributed by atoms with Crippen LogP contribution in [0, 0.1) is 29.1 Å². The van der Waals surface area contributed by atoms with Gasteiger partial charge in [-0.15, -0.1) is 18.3 Å². The van der Waals surface area contributed by atoms with Crippen molar-refractivity contribution in [1.82, 2.24) is 4.90 Å². The van der Waals surface area contributed by atoms with E-state index in [0.717, 1.165) is 59.6 Å². The first kappa shape index (κ1) is 44.7. The maximum atomic E-state index is 14.6. The lowest BCUT2D eigenvalue weighted by atomic mass is 9.55. The third-order valence-corrected chi connectivity index (χ3v) is 13.3. The summed E-state index contributed by atoms with van der Waals surface area (Å²) in [5.74, 6) is 0.0981. The highest BCUT2D eigenvalue weighted by Gasteiger charge is 2.65. The first-order chi connectivity index (χ1) is 30.4. The van der Waals surface area contributed by atoms with Gasteiger partial charge < -0.3 is 34.2 Å². The summed E-state index contributed by atoms with van der Waals surface area (Å²) >= 11 is 1.75. The van der Waals surface area contributed by atoms with Crippen molar-refractivity contribution in [1.29, 1.82) is 5.26 Å². The van der Waals surface area contributed by atoms with Crippen molar-refractivity contribution in [3.05, 3.63) is 150 Å². The largest absolute Gasteiger partial charge is 0.493 e. The van der Waals surface area contributed by atoms with Gasteiger partial charge in [-0.1, -0.05) is 78.7 Å². The number of aliphatic hydroxyl groups excluding tert-OH is 2. The Morgan fingerprint density at radius 3 is 2.42 bits per heavy atom. The van der Waals surface area contributed by atoms with Crippen LogP contribution in [0.3, 0.4) is 0 Å². The van der Waals surface area contributed by atoms with E-state index >= 15 is 0 Å². The number of aliphatic hydroxyl groups is 2. The molecule has 2 N–H and O–H groups in total. The van der Waals surface area contributed by atoms with E-state index in [1.165, 1.54) is 4.90 Å². The zero-order valence-electron chi connectivity index (χ0n) is 35.4. The standard InChI is InChI=1S/C51H57N3O7S/c1-3-28-59-51-47(54(2)50(57)38-22-20-36(34-52)21-23-38)33-45(53-60-35-37-14-6-4-7-15-37)43-31-39(16-10-12-26-55)42(19-11-13-27-56)48(49(43)51)44-32-40(24-25-46(44)61-51)58-29-30-62-41-17-8-5-9-18-41/h3-9,14-15,17-18,20-25,31-32,39,42,47-49,55-56H,1,10-13,16,19,26-30,33,35H2,2H3/t39-,42+,47-,48+,49+,51+/m0/s1. The molecule has 0 aromatic heterocycles. The lowest BCUT2D eigenvalue weighted by Crippen LogP contribution is -2.69. The van der Waals surface area contributed by atoms with Crippen LogP contribution in [0.25, 0.3) is 0 Å². The topological polar surface area (TPSA) is 134 Å². The Morgan fingerprint density at radius 1 is 0.984 bits per heavy atom. The van der Waals surface area contributed by atoms with Gasteiger partial charge in [-0.05, 0) is 103 Å². The average Bonchev–Trinajstić information content (AvgIpc) is 3.31. The molecule has 0 unspecified atom stereocenters. The van der Waals surface area contributed by atoms with E-state index in [-0.39, 0.29) is 56.5 Å². The fraction of sp³-hybridized carbons (Fsp3) is 0.392. The summed E-state index contributed by atoms with van der Waals surface area (Å²) in [4.78, 5) is 23.7. The van der Waals surface area contributed by atoms with Gasteiger partial charge in [0.1, 0.15) is 24.1 Å². The number of oxime groups is 1. The quantitative estimate of drug-likeness (QED) is 0.0364. The normalized spacial score (nSPS) is 22.9. The molecule has 324 valence electrons. The van der Waals surface area contributed by atoms with Crippen LogP contribution in [0.5, 0.6) is 11.5 Å². The summed E-state index contributed by atoms with van der Waals surface area (Å²) < 4.78 is 20.8.